The lowest BCUT2D eigenvalue weighted by Crippen LogP contribution is -2.28. The highest BCUT2D eigenvalue weighted by Gasteiger charge is 2.06. The third-order valence-electron chi connectivity index (χ3n) is 2.40. The first-order chi connectivity index (χ1) is 7.63. The minimum atomic E-state index is -0.233. The number of likely N-dealkylation sites (N-methyl/N-ethyl adjacent to an activating group) is 1. The average molecular weight is 241 g/mol. The summed E-state index contributed by atoms with van der Waals surface area (Å²) in [5.74, 6) is 0.431. The van der Waals surface area contributed by atoms with Gasteiger partial charge in [-0.1, -0.05) is 12.1 Å². The zero-order chi connectivity index (χ0) is 12.0. The zero-order valence-corrected chi connectivity index (χ0v) is 10.2. The number of amides is 1. The molecule has 0 saturated heterocycles. The number of thiol groups is 1. The molecular weight excluding hydrogens is 225 g/mol. The fourth-order valence-electron chi connectivity index (χ4n) is 1.36. The maximum Gasteiger partial charge on any atom is 0.223 e. The van der Waals surface area contributed by atoms with Crippen molar-refractivity contribution >= 4 is 18.5 Å². The Balaban J connectivity index is 2.39. The van der Waals surface area contributed by atoms with E-state index in [9.17, 15) is 9.18 Å². The van der Waals surface area contributed by atoms with Crippen LogP contribution in [-0.2, 0) is 11.2 Å². The fourth-order valence-corrected chi connectivity index (χ4v) is 1.55. The molecule has 0 fully saturated rings. The van der Waals surface area contributed by atoms with Gasteiger partial charge in [0.2, 0.25) is 5.91 Å². The highest BCUT2D eigenvalue weighted by molar-refractivity contribution is 7.80. The van der Waals surface area contributed by atoms with Crippen LogP contribution in [0.4, 0.5) is 4.39 Å². The summed E-state index contributed by atoms with van der Waals surface area (Å²) in [6.45, 7) is 0.651. The summed E-state index contributed by atoms with van der Waals surface area (Å²) in [6, 6.07) is 6.36. The number of rotatable bonds is 5. The lowest BCUT2D eigenvalue weighted by Gasteiger charge is -2.16. The number of benzene rings is 1. The van der Waals surface area contributed by atoms with Gasteiger partial charge in [-0.3, -0.25) is 4.79 Å². The number of halogens is 1. The van der Waals surface area contributed by atoms with E-state index in [4.69, 9.17) is 0 Å². The molecule has 0 heterocycles. The Hall–Kier alpha value is -1.03. The van der Waals surface area contributed by atoms with Gasteiger partial charge in [-0.05, 0) is 29.9 Å². The summed E-state index contributed by atoms with van der Waals surface area (Å²) in [7, 11) is 1.77. The van der Waals surface area contributed by atoms with Gasteiger partial charge in [0.1, 0.15) is 5.82 Å². The molecule has 0 aliphatic heterocycles. The Morgan fingerprint density at radius 1 is 1.38 bits per heavy atom. The molecule has 0 saturated carbocycles. The van der Waals surface area contributed by atoms with E-state index in [1.165, 1.54) is 12.1 Å². The molecule has 0 aliphatic carbocycles. The number of hydrogen-bond donors (Lipinski definition) is 1. The Kier molecular flexibility index (Phi) is 5.32. The van der Waals surface area contributed by atoms with Gasteiger partial charge in [0.05, 0.1) is 0 Å². The maximum atomic E-state index is 12.6. The summed E-state index contributed by atoms with van der Waals surface area (Å²) in [5, 5.41) is 0. The lowest BCUT2D eigenvalue weighted by molar-refractivity contribution is -0.129. The molecule has 1 amide bonds. The second-order valence-corrected chi connectivity index (χ2v) is 4.11. The molecule has 0 N–H and O–H groups in total. The van der Waals surface area contributed by atoms with E-state index in [0.717, 1.165) is 12.0 Å². The molecular formula is C12H16FNOS. The molecule has 0 aliphatic rings. The fraction of sp³-hybridized carbons (Fsp3) is 0.417. The van der Waals surface area contributed by atoms with Crippen molar-refractivity contribution in [2.24, 2.45) is 0 Å². The molecule has 1 rings (SSSR count). The summed E-state index contributed by atoms with van der Waals surface area (Å²) >= 11 is 4.01. The third-order valence-corrected chi connectivity index (χ3v) is 2.62. The second-order valence-electron chi connectivity index (χ2n) is 3.67. The number of carbonyl (C=O) groups is 1. The van der Waals surface area contributed by atoms with Crippen LogP contribution in [0.15, 0.2) is 24.3 Å². The lowest BCUT2D eigenvalue weighted by atomic mass is 10.1. The van der Waals surface area contributed by atoms with Gasteiger partial charge in [-0.15, -0.1) is 0 Å². The summed E-state index contributed by atoms with van der Waals surface area (Å²) in [4.78, 5) is 13.1. The molecule has 16 heavy (non-hydrogen) atoms. The van der Waals surface area contributed by atoms with Crippen LogP contribution in [0.3, 0.4) is 0 Å². The highest BCUT2D eigenvalue weighted by Crippen LogP contribution is 2.04. The Bertz CT molecular complexity index is 339. The van der Waals surface area contributed by atoms with Crippen LogP contribution in [0, 0.1) is 5.82 Å². The van der Waals surface area contributed by atoms with Gasteiger partial charge >= 0.3 is 0 Å². The maximum absolute atomic E-state index is 12.6. The molecule has 0 aromatic heterocycles. The summed E-state index contributed by atoms with van der Waals surface area (Å²) in [5.41, 5.74) is 1.03. The molecule has 0 unspecified atom stereocenters. The normalized spacial score (nSPS) is 10.2. The third kappa shape index (κ3) is 4.23. The topological polar surface area (TPSA) is 20.3 Å². The van der Waals surface area contributed by atoms with Crippen molar-refractivity contribution in [1.82, 2.24) is 4.90 Å². The molecule has 0 bridgehead atoms. The number of carbonyl (C=O) groups excluding carboxylic acids is 1. The van der Waals surface area contributed by atoms with Crippen LogP contribution in [0.5, 0.6) is 0 Å². The minimum Gasteiger partial charge on any atom is -0.345 e. The first kappa shape index (κ1) is 13.0. The van der Waals surface area contributed by atoms with E-state index in [1.54, 1.807) is 24.1 Å². The van der Waals surface area contributed by atoms with Gasteiger partial charge in [0.15, 0.2) is 0 Å². The van der Waals surface area contributed by atoms with Gasteiger partial charge in [0, 0.05) is 20.0 Å². The molecule has 0 radical (unpaired) electrons. The van der Waals surface area contributed by atoms with Crippen molar-refractivity contribution in [3.8, 4) is 0 Å². The average Bonchev–Trinajstić information content (AvgIpc) is 2.28. The number of hydrogen-bond acceptors (Lipinski definition) is 2. The summed E-state index contributed by atoms with van der Waals surface area (Å²) in [6.07, 6.45) is 1.21. The van der Waals surface area contributed by atoms with Crippen LogP contribution >= 0.6 is 12.6 Å². The van der Waals surface area contributed by atoms with Crippen molar-refractivity contribution < 1.29 is 9.18 Å². The first-order valence-electron chi connectivity index (χ1n) is 5.22. The Labute approximate surface area is 101 Å². The Morgan fingerprint density at radius 3 is 2.56 bits per heavy atom. The van der Waals surface area contributed by atoms with Crippen molar-refractivity contribution in [3.05, 3.63) is 35.6 Å². The van der Waals surface area contributed by atoms with Crippen molar-refractivity contribution in [2.75, 3.05) is 19.3 Å². The first-order valence-corrected chi connectivity index (χ1v) is 5.86. The predicted molar refractivity (Wildman–Crippen MR) is 66.2 cm³/mol. The molecule has 1 aromatic rings. The molecule has 1 aromatic carbocycles. The van der Waals surface area contributed by atoms with E-state index in [0.29, 0.717) is 18.7 Å². The van der Waals surface area contributed by atoms with Crippen molar-refractivity contribution in [1.29, 1.82) is 0 Å². The van der Waals surface area contributed by atoms with E-state index in [-0.39, 0.29) is 11.7 Å². The van der Waals surface area contributed by atoms with Crippen molar-refractivity contribution in [2.45, 2.75) is 12.8 Å². The van der Waals surface area contributed by atoms with Gasteiger partial charge in [0.25, 0.3) is 0 Å². The van der Waals surface area contributed by atoms with E-state index >= 15 is 0 Å². The SMILES string of the molecule is CN(CCc1ccc(F)cc1)C(=O)CCS. The highest BCUT2D eigenvalue weighted by atomic mass is 32.1. The van der Waals surface area contributed by atoms with Crippen LogP contribution in [0.25, 0.3) is 0 Å². The number of nitrogens with zero attached hydrogens (tertiary/aromatic N) is 1. The van der Waals surface area contributed by atoms with E-state index in [2.05, 4.69) is 12.6 Å². The van der Waals surface area contributed by atoms with E-state index in [1.807, 2.05) is 0 Å². The smallest absolute Gasteiger partial charge is 0.223 e. The summed E-state index contributed by atoms with van der Waals surface area (Å²) < 4.78 is 12.6. The van der Waals surface area contributed by atoms with Crippen LogP contribution in [0.1, 0.15) is 12.0 Å². The van der Waals surface area contributed by atoms with Crippen molar-refractivity contribution in [3.63, 3.8) is 0 Å². The van der Waals surface area contributed by atoms with Gasteiger partial charge < -0.3 is 4.90 Å². The van der Waals surface area contributed by atoms with E-state index < -0.39 is 0 Å². The van der Waals surface area contributed by atoms with Gasteiger partial charge in [-0.25, -0.2) is 4.39 Å². The minimum absolute atomic E-state index is 0.0945. The second kappa shape index (κ2) is 6.53. The standard InChI is InChI=1S/C12H16FNOS/c1-14(12(15)7-9-16)8-6-10-2-4-11(13)5-3-10/h2-5,16H,6-9H2,1H3. The molecule has 0 atom stereocenters. The predicted octanol–water partition coefficient (Wildman–Crippen LogP) is 2.15. The van der Waals surface area contributed by atoms with Gasteiger partial charge in [-0.2, -0.15) is 12.6 Å². The zero-order valence-electron chi connectivity index (χ0n) is 9.32. The Morgan fingerprint density at radius 2 is 2.00 bits per heavy atom. The quantitative estimate of drug-likeness (QED) is 0.783. The largest absolute Gasteiger partial charge is 0.345 e. The molecule has 4 heteroatoms. The monoisotopic (exact) mass is 241 g/mol. The molecule has 88 valence electrons. The molecule has 2 nitrogen and oxygen atoms in total. The van der Waals surface area contributed by atoms with Crippen LogP contribution in [0.2, 0.25) is 0 Å². The van der Waals surface area contributed by atoms with Crippen LogP contribution in [-0.4, -0.2) is 30.2 Å². The molecule has 0 spiro atoms. The van der Waals surface area contributed by atoms with Crippen LogP contribution < -0.4 is 0 Å².